The topological polar surface area (TPSA) is 33.5 Å². The molecule has 0 bridgehead atoms. The van der Waals surface area contributed by atoms with Crippen molar-refractivity contribution in [1.82, 2.24) is 9.55 Å². The predicted molar refractivity (Wildman–Crippen MR) is 252 cm³/mol. The van der Waals surface area contributed by atoms with Gasteiger partial charge in [-0.05, 0) is 69.3 Å². The number of ether oxygens (including phenoxy) is 1. The summed E-state index contributed by atoms with van der Waals surface area (Å²) in [6.07, 6.45) is 1.91. The summed E-state index contributed by atoms with van der Waals surface area (Å²) in [5, 5.41) is 2.21. The fraction of sp³-hybridized carbons (Fsp3) is 0.143. The van der Waals surface area contributed by atoms with Gasteiger partial charge in [0.05, 0.1) is 0 Å². The molecule has 0 saturated heterocycles. The molecule has 62 heavy (non-hydrogen) atoms. The number of hydrogen-bond acceptors (Lipinski definition) is 4. The molecule has 1 aliphatic heterocycles. The molecule has 2 aromatic heterocycles. The van der Waals surface area contributed by atoms with Crippen LogP contribution >= 0.6 is 0 Å². The van der Waals surface area contributed by atoms with Gasteiger partial charge in [-0.15, -0.1) is 42.0 Å². The Hall–Kier alpha value is -6.42. The van der Waals surface area contributed by atoms with E-state index in [-0.39, 0.29) is 31.9 Å². The van der Waals surface area contributed by atoms with Crippen LogP contribution in [0.25, 0.3) is 49.9 Å². The van der Waals surface area contributed by atoms with Crippen molar-refractivity contribution in [3.05, 3.63) is 200 Å². The average molecular weight is 987 g/mol. The molecule has 0 spiro atoms. The largest absolute Gasteiger partial charge is 0.509 e. The Balaban J connectivity index is 0.00000490. The van der Waals surface area contributed by atoms with E-state index < -0.39 is 0 Å². The zero-order valence-corrected chi connectivity index (χ0v) is 38.0. The van der Waals surface area contributed by atoms with Crippen molar-refractivity contribution in [3.63, 3.8) is 0 Å². The molecule has 0 radical (unpaired) electrons. The number of para-hydroxylation sites is 3. The van der Waals surface area contributed by atoms with Crippen LogP contribution in [0.3, 0.4) is 0 Å². The third-order valence-corrected chi connectivity index (χ3v) is 11.7. The number of fused-ring (bicyclic) bond motifs is 4. The van der Waals surface area contributed by atoms with Gasteiger partial charge in [-0.2, -0.15) is 12.1 Å². The zero-order chi connectivity index (χ0) is 41.9. The standard InChI is InChI=1S/C56H47N4O.Pt/c1-55(2,3)40-28-29-44(38-18-9-7-10-19-38)51(32-40)59-37-58(49-26-15-16-27-50(49)59)42-22-17-23-43(34-42)61-53-36-52-47(35-46(53)39-20-11-8-12-21-39)45-24-13-14-25-48(45)60(52)54-33-41(30-31-57-54)56(4,5)6;/h7-33,35,37H,1-6H3;/q-3;. The monoisotopic (exact) mass is 986 g/mol. The SMILES string of the molecule is CC(C)(C)c1ccnc(-n2c3[c-]c(Oc4[c-]c(N5[CH-]N(c6cc(C(C)(C)C)ccc6-c6ccccc6)c6ccccc65)ccc4)c(-c4ccccc4)cc3c3ccccc32)c1.[Pt]. The minimum absolute atomic E-state index is 0. The molecule has 0 unspecified atom stereocenters. The Morgan fingerprint density at radius 2 is 1.16 bits per heavy atom. The number of rotatable bonds is 7. The van der Waals surface area contributed by atoms with Crippen molar-refractivity contribution in [3.8, 4) is 39.6 Å². The summed E-state index contributed by atoms with van der Waals surface area (Å²) in [7, 11) is 0. The summed E-state index contributed by atoms with van der Waals surface area (Å²) in [6, 6.07) is 65.1. The third kappa shape index (κ3) is 7.49. The van der Waals surface area contributed by atoms with Gasteiger partial charge in [0, 0.05) is 66.9 Å². The Kier molecular flexibility index (Phi) is 10.7. The first kappa shape index (κ1) is 41.0. The van der Waals surface area contributed by atoms with Crippen molar-refractivity contribution in [2.45, 2.75) is 52.4 Å². The van der Waals surface area contributed by atoms with E-state index in [4.69, 9.17) is 9.72 Å². The van der Waals surface area contributed by atoms with Crippen molar-refractivity contribution in [2.75, 3.05) is 9.80 Å². The Morgan fingerprint density at radius 1 is 0.532 bits per heavy atom. The van der Waals surface area contributed by atoms with Gasteiger partial charge in [0.25, 0.3) is 0 Å². The van der Waals surface area contributed by atoms with E-state index in [9.17, 15) is 0 Å². The first-order valence-electron chi connectivity index (χ1n) is 21.0. The molecule has 9 aromatic rings. The van der Waals surface area contributed by atoms with Crippen molar-refractivity contribution >= 4 is 44.6 Å². The molecule has 0 N–H and O–H groups in total. The second-order valence-corrected chi connectivity index (χ2v) is 17.8. The second-order valence-electron chi connectivity index (χ2n) is 17.8. The average Bonchev–Trinajstić information content (AvgIpc) is 3.82. The number of benzene rings is 7. The molecule has 3 heterocycles. The van der Waals surface area contributed by atoms with Gasteiger partial charge in [0.15, 0.2) is 0 Å². The van der Waals surface area contributed by atoms with Crippen molar-refractivity contribution in [1.29, 1.82) is 0 Å². The summed E-state index contributed by atoms with van der Waals surface area (Å²) in [6.45, 7) is 15.7. The van der Waals surface area contributed by atoms with Crippen LogP contribution in [0.4, 0.5) is 22.7 Å². The van der Waals surface area contributed by atoms with Gasteiger partial charge >= 0.3 is 0 Å². The van der Waals surface area contributed by atoms with Crippen LogP contribution in [0.15, 0.2) is 170 Å². The summed E-state index contributed by atoms with van der Waals surface area (Å²) >= 11 is 0. The van der Waals surface area contributed by atoms with E-state index in [0.717, 1.165) is 61.5 Å². The minimum Gasteiger partial charge on any atom is -0.509 e. The van der Waals surface area contributed by atoms with Crippen LogP contribution in [0.5, 0.6) is 11.5 Å². The fourth-order valence-electron chi connectivity index (χ4n) is 8.38. The van der Waals surface area contributed by atoms with Crippen molar-refractivity contribution in [2.24, 2.45) is 0 Å². The number of nitrogens with zero attached hydrogens (tertiary/aromatic N) is 4. The van der Waals surface area contributed by atoms with Gasteiger partial charge in [0.1, 0.15) is 5.82 Å². The summed E-state index contributed by atoms with van der Waals surface area (Å²) in [5.74, 6) is 2.05. The first-order valence-corrected chi connectivity index (χ1v) is 21.0. The molecule has 0 aliphatic carbocycles. The third-order valence-electron chi connectivity index (χ3n) is 11.7. The number of aromatic nitrogens is 2. The Bertz CT molecular complexity index is 3070. The molecule has 0 atom stereocenters. The van der Waals surface area contributed by atoms with Gasteiger partial charge in [-0.1, -0.05) is 161 Å². The maximum Gasteiger partial charge on any atom is 0.135 e. The molecule has 310 valence electrons. The molecular formula is C56H47N4OPt-3. The normalized spacial score (nSPS) is 12.7. The molecule has 6 heteroatoms. The van der Waals surface area contributed by atoms with E-state index in [2.05, 4.69) is 220 Å². The number of anilines is 4. The fourth-order valence-corrected chi connectivity index (χ4v) is 8.38. The minimum atomic E-state index is -0.0409. The molecule has 0 fully saturated rings. The first-order chi connectivity index (χ1) is 29.5. The maximum absolute atomic E-state index is 6.97. The summed E-state index contributed by atoms with van der Waals surface area (Å²) in [5.41, 5.74) is 12.8. The van der Waals surface area contributed by atoms with Gasteiger partial charge in [-0.3, -0.25) is 0 Å². The molecule has 10 rings (SSSR count). The zero-order valence-electron chi connectivity index (χ0n) is 35.8. The van der Waals surface area contributed by atoms with Crippen LogP contribution in [-0.2, 0) is 31.9 Å². The van der Waals surface area contributed by atoms with Crippen LogP contribution in [-0.4, -0.2) is 9.55 Å². The second kappa shape index (κ2) is 16.1. The van der Waals surface area contributed by atoms with Gasteiger partial charge < -0.3 is 19.1 Å². The smallest absolute Gasteiger partial charge is 0.135 e. The van der Waals surface area contributed by atoms with Crippen LogP contribution in [0.2, 0.25) is 0 Å². The van der Waals surface area contributed by atoms with Gasteiger partial charge in [-0.25, -0.2) is 4.98 Å². The molecule has 7 aromatic carbocycles. The molecular weight excluding hydrogens is 940 g/mol. The van der Waals surface area contributed by atoms with Crippen LogP contribution in [0.1, 0.15) is 52.7 Å². The molecule has 5 nitrogen and oxygen atoms in total. The number of pyridine rings is 1. The van der Waals surface area contributed by atoms with Gasteiger partial charge in [0.2, 0.25) is 0 Å². The van der Waals surface area contributed by atoms with E-state index in [1.165, 1.54) is 22.3 Å². The van der Waals surface area contributed by atoms with Crippen molar-refractivity contribution < 1.29 is 25.8 Å². The summed E-state index contributed by atoms with van der Waals surface area (Å²) in [4.78, 5) is 9.43. The van der Waals surface area contributed by atoms with E-state index >= 15 is 0 Å². The van der Waals surface area contributed by atoms with Crippen LogP contribution < -0.4 is 14.5 Å². The van der Waals surface area contributed by atoms with Crippen LogP contribution in [0, 0.1) is 18.8 Å². The molecule has 0 amide bonds. The van der Waals surface area contributed by atoms with E-state index in [0.29, 0.717) is 11.5 Å². The quantitative estimate of drug-likeness (QED) is 0.149. The Morgan fingerprint density at radius 3 is 1.87 bits per heavy atom. The Labute approximate surface area is 379 Å². The van der Waals surface area contributed by atoms with E-state index in [1.807, 2.05) is 24.4 Å². The predicted octanol–water partition coefficient (Wildman–Crippen LogP) is 14.9. The van der Waals surface area contributed by atoms with E-state index in [1.54, 1.807) is 0 Å². The number of hydrogen-bond donors (Lipinski definition) is 0. The summed E-state index contributed by atoms with van der Waals surface area (Å²) < 4.78 is 9.18. The molecule has 0 saturated carbocycles. The molecule has 1 aliphatic rings. The maximum atomic E-state index is 6.97.